The molecule has 0 amide bonds. The minimum Gasteiger partial charge on any atom is -0.468 e. The Kier molecular flexibility index (Phi) is 5.18. The lowest BCUT2D eigenvalue weighted by Crippen LogP contribution is -2.59. The summed E-state index contributed by atoms with van der Waals surface area (Å²) in [6.45, 7) is 7.00. The molecule has 0 aromatic carbocycles. The van der Waals surface area contributed by atoms with Gasteiger partial charge in [-0.25, -0.2) is 0 Å². The number of likely N-dealkylation sites (tertiary alicyclic amines) is 1. The molecule has 1 aromatic rings. The van der Waals surface area contributed by atoms with Crippen LogP contribution in [0.25, 0.3) is 0 Å². The summed E-state index contributed by atoms with van der Waals surface area (Å²) in [7, 11) is 1.48. The van der Waals surface area contributed by atoms with Crippen LogP contribution in [0.15, 0.2) is 17.5 Å². The number of thiophene rings is 1. The van der Waals surface area contributed by atoms with E-state index in [9.17, 15) is 4.79 Å². The molecule has 112 valence electrons. The van der Waals surface area contributed by atoms with Gasteiger partial charge in [-0.1, -0.05) is 6.07 Å². The van der Waals surface area contributed by atoms with Gasteiger partial charge in [-0.15, -0.1) is 11.3 Å². The van der Waals surface area contributed by atoms with Gasteiger partial charge in [0.05, 0.1) is 7.11 Å². The molecule has 1 aromatic heterocycles. The zero-order valence-corrected chi connectivity index (χ0v) is 13.3. The Morgan fingerprint density at radius 2 is 2.20 bits per heavy atom. The van der Waals surface area contributed by atoms with Crippen LogP contribution in [-0.4, -0.2) is 42.6 Å². The fourth-order valence-corrected chi connectivity index (χ4v) is 3.38. The third-order valence-electron chi connectivity index (χ3n) is 4.14. The summed E-state index contributed by atoms with van der Waals surface area (Å²) in [6, 6.07) is 4.66. The van der Waals surface area contributed by atoms with Gasteiger partial charge in [-0.05, 0) is 38.1 Å². The maximum absolute atomic E-state index is 12.2. The summed E-state index contributed by atoms with van der Waals surface area (Å²) < 4.78 is 5.04. The maximum atomic E-state index is 12.2. The number of carbonyl (C=O) groups is 1. The summed E-state index contributed by atoms with van der Waals surface area (Å²) >= 11 is 1.71. The molecule has 0 bridgehead atoms. The summed E-state index contributed by atoms with van der Waals surface area (Å²) in [4.78, 5) is 15.9. The summed E-state index contributed by atoms with van der Waals surface area (Å²) in [5, 5.41) is 5.52. The lowest BCUT2D eigenvalue weighted by Gasteiger charge is -2.41. The summed E-state index contributed by atoms with van der Waals surface area (Å²) in [6.07, 6.45) is 1.62. The molecule has 0 spiro atoms. The van der Waals surface area contributed by atoms with Gasteiger partial charge in [0.15, 0.2) is 0 Å². The number of nitrogens with zero attached hydrogens (tertiary/aromatic N) is 1. The second kappa shape index (κ2) is 6.70. The largest absolute Gasteiger partial charge is 0.468 e. The van der Waals surface area contributed by atoms with Crippen LogP contribution in [0.1, 0.15) is 31.6 Å². The van der Waals surface area contributed by atoms with Crippen LogP contribution in [0.3, 0.4) is 0 Å². The van der Waals surface area contributed by atoms with Crippen molar-refractivity contribution in [2.24, 2.45) is 0 Å². The van der Waals surface area contributed by atoms with Crippen LogP contribution < -0.4 is 5.32 Å². The van der Waals surface area contributed by atoms with Crippen molar-refractivity contribution in [3.8, 4) is 0 Å². The van der Waals surface area contributed by atoms with Crippen molar-refractivity contribution < 1.29 is 9.53 Å². The van der Waals surface area contributed by atoms with Gasteiger partial charge in [0.2, 0.25) is 0 Å². The minimum atomic E-state index is -0.524. The Labute approximate surface area is 125 Å². The number of piperidine rings is 1. The Morgan fingerprint density at radius 3 is 2.70 bits per heavy atom. The molecule has 1 fully saturated rings. The second-order valence-corrected chi connectivity index (χ2v) is 6.67. The lowest BCUT2D eigenvalue weighted by molar-refractivity contribution is -0.151. The van der Waals surface area contributed by atoms with Crippen molar-refractivity contribution >= 4 is 17.3 Å². The highest BCUT2D eigenvalue weighted by molar-refractivity contribution is 7.09. The Balaban J connectivity index is 2.02. The van der Waals surface area contributed by atoms with E-state index in [0.717, 1.165) is 32.5 Å². The van der Waals surface area contributed by atoms with Crippen LogP contribution in [0, 0.1) is 0 Å². The fraction of sp³-hybridized carbons (Fsp3) is 0.667. The van der Waals surface area contributed by atoms with E-state index in [2.05, 4.69) is 35.5 Å². The zero-order valence-electron chi connectivity index (χ0n) is 12.5. The standard InChI is InChI=1S/C15H24N2O2S/c1-12(2)17-8-6-15(7-9-17,14(18)19-3)16-11-13-5-4-10-20-13/h4-5,10,12,16H,6-9,11H2,1-3H3. The number of esters is 1. The van der Waals surface area contributed by atoms with E-state index in [1.807, 2.05) is 6.07 Å². The number of methoxy groups -OCH3 is 1. The average molecular weight is 296 g/mol. The molecule has 0 unspecified atom stereocenters. The monoisotopic (exact) mass is 296 g/mol. The molecular weight excluding hydrogens is 272 g/mol. The predicted octanol–water partition coefficient (Wildman–Crippen LogP) is 2.25. The highest BCUT2D eigenvalue weighted by atomic mass is 32.1. The van der Waals surface area contributed by atoms with E-state index in [4.69, 9.17) is 4.74 Å². The molecule has 0 saturated carbocycles. The third kappa shape index (κ3) is 3.40. The van der Waals surface area contributed by atoms with E-state index < -0.39 is 5.54 Å². The number of carbonyl (C=O) groups excluding carboxylic acids is 1. The van der Waals surface area contributed by atoms with Crippen LogP contribution in [0.2, 0.25) is 0 Å². The number of hydrogen-bond donors (Lipinski definition) is 1. The first-order chi connectivity index (χ1) is 9.57. The Bertz CT molecular complexity index is 423. The topological polar surface area (TPSA) is 41.6 Å². The Hall–Kier alpha value is -0.910. The van der Waals surface area contributed by atoms with Crippen LogP contribution in [0.4, 0.5) is 0 Å². The highest BCUT2D eigenvalue weighted by Gasteiger charge is 2.42. The second-order valence-electron chi connectivity index (χ2n) is 5.64. The molecule has 2 rings (SSSR count). The SMILES string of the molecule is COC(=O)C1(NCc2cccs2)CCN(C(C)C)CC1. The lowest BCUT2D eigenvalue weighted by atomic mass is 9.86. The molecular formula is C15H24N2O2S. The minimum absolute atomic E-state index is 0.127. The van der Waals surface area contributed by atoms with E-state index in [-0.39, 0.29) is 5.97 Å². The molecule has 4 nitrogen and oxygen atoms in total. The van der Waals surface area contributed by atoms with Crippen molar-refractivity contribution in [2.45, 2.75) is 44.8 Å². The van der Waals surface area contributed by atoms with Crippen molar-refractivity contribution in [3.63, 3.8) is 0 Å². The molecule has 5 heteroatoms. The molecule has 0 radical (unpaired) electrons. The molecule has 1 N–H and O–H groups in total. The Morgan fingerprint density at radius 1 is 1.50 bits per heavy atom. The molecule has 1 aliphatic rings. The highest BCUT2D eigenvalue weighted by Crippen LogP contribution is 2.26. The molecule has 1 saturated heterocycles. The van der Waals surface area contributed by atoms with Gasteiger partial charge in [-0.3, -0.25) is 10.1 Å². The smallest absolute Gasteiger partial charge is 0.326 e. The molecule has 1 aliphatic heterocycles. The predicted molar refractivity (Wildman–Crippen MR) is 81.8 cm³/mol. The zero-order chi connectivity index (χ0) is 14.6. The fourth-order valence-electron chi connectivity index (χ4n) is 2.74. The van der Waals surface area contributed by atoms with E-state index in [0.29, 0.717) is 6.04 Å². The number of hydrogen-bond acceptors (Lipinski definition) is 5. The third-order valence-corrected chi connectivity index (χ3v) is 5.02. The normalized spacial score (nSPS) is 19.2. The van der Waals surface area contributed by atoms with Gasteiger partial charge >= 0.3 is 5.97 Å². The van der Waals surface area contributed by atoms with Gasteiger partial charge < -0.3 is 9.64 Å². The molecule has 2 heterocycles. The van der Waals surface area contributed by atoms with Crippen molar-refractivity contribution in [3.05, 3.63) is 22.4 Å². The molecule has 0 atom stereocenters. The maximum Gasteiger partial charge on any atom is 0.326 e. The molecule has 20 heavy (non-hydrogen) atoms. The first-order valence-corrected chi connectivity index (χ1v) is 8.05. The number of ether oxygens (including phenoxy) is 1. The summed E-state index contributed by atoms with van der Waals surface area (Å²) in [5.41, 5.74) is -0.524. The van der Waals surface area contributed by atoms with Crippen molar-refractivity contribution in [1.29, 1.82) is 0 Å². The molecule has 0 aliphatic carbocycles. The first-order valence-electron chi connectivity index (χ1n) is 7.17. The summed E-state index contributed by atoms with van der Waals surface area (Å²) in [5.74, 6) is -0.127. The number of nitrogens with one attached hydrogen (secondary N) is 1. The van der Waals surface area contributed by atoms with E-state index in [1.54, 1.807) is 11.3 Å². The first kappa shape index (κ1) is 15.5. The van der Waals surface area contributed by atoms with Gasteiger partial charge in [0.25, 0.3) is 0 Å². The van der Waals surface area contributed by atoms with Crippen LogP contribution in [0.5, 0.6) is 0 Å². The van der Waals surface area contributed by atoms with E-state index >= 15 is 0 Å². The van der Waals surface area contributed by atoms with Gasteiger partial charge in [0, 0.05) is 30.6 Å². The quantitative estimate of drug-likeness (QED) is 0.846. The van der Waals surface area contributed by atoms with Gasteiger partial charge in [-0.2, -0.15) is 0 Å². The van der Waals surface area contributed by atoms with Gasteiger partial charge in [0.1, 0.15) is 5.54 Å². The van der Waals surface area contributed by atoms with Crippen molar-refractivity contribution in [2.75, 3.05) is 20.2 Å². The number of rotatable bonds is 5. The average Bonchev–Trinajstić information content (AvgIpc) is 2.98. The van der Waals surface area contributed by atoms with Crippen LogP contribution >= 0.6 is 11.3 Å². The van der Waals surface area contributed by atoms with Crippen molar-refractivity contribution in [1.82, 2.24) is 10.2 Å². The van der Waals surface area contributed by atoms with E-state index in [1.165, 1.54) is 12.0 Å². The van der Waals surface area contributed by atoms with Crippen LogP contribution in [-0.2, 0) is 16.1 Å².